The Hall–Kier alpha value is -3.70. The molecule has 1 N–H and O–H groups in total. The molecule has 0 saturated carbocycles. The van der Waals surface area contributed by atoms with E-state index >= 15 is 0 Å². The summed E-state index contributed by atoms with van der Waals surface area (Å²) in [5, 5.41) is 9.68. The van der Waals surface area contributed by atoms with E-state index in [-0.39, 0.29) is 40.5 Å². The van der Waals surface area contributed by atoms with Crippen molar-refractivity contribution in [3.63, 3.8) is 0 Å². The molecule has 1 aliphatic heterocycles. The summed E-state index contributed by atoms with van der Waals surface area (Å²) in [6, 6.07) is 22.3. The number of carbonyl (C=O) groups is 3. The summed E-state index contributed by atoms with van der Waals surface area (Å²) in [7, 11) is 0. The molecule has 3 aromatic carbocycles. The smallest absolute Gasteiger partial charge is 0.337 e. The van der Waals surface area contributed by atoms with Crippen LogP contribution in [0.4, 0.5) is 5.69 Å². The lowest BCUT2D eigenvalue weighted by Crippen LogP contribution is -2.41. The molecule has 0 bridgehead atoms. The fourth-order valence-electron chi connectivity index (χ4n) is 5.20. The third-order valence-corrected chi connectivity index (χ3v) is 7.25. The van der Waals surface area contributed by atoms with Gasteiger partial charge < -0.3 is 5.11 Å². The molecule has 5 rings (SSSR count). The van der Waals surface area contributed by atoms with Crippen molar-refractivity contribution in [1.82, 2.24) is 0 Å². The standard InChI is InChI=1S/C29H24ClNO4/c1-17-7-9-19(10-8-17)22-16-27(33)31(21-11-12-24(30)23(15-21)29(34)35)25-13-20(14-26(32)28(22)25)18-5-3-2-4-6-18/h2-12,15,20,22H,13-14,16H2,1H3,(H,34,35). The molecule has 2 atom stereocenters. The minimum absolute atomic E-state index is 0.0237. The minimum Gasteiger partial charge on any atom is -0.478 e. The number of carboxylic acids is 1. The molecule has 1 amide bonds. The zero-order valence-corrected chi connectivity index (χ0v) is 20.0. The number of hydrogen-bond acceptors (Lipinski definition) is 3. The van der Waals surface area contributed by atoms with E-state index in [1.54, 1.807) is 6.07 Å². The van der Waals surface area contributed by atoms with Gasteiger partial charge in [0.2, 0.25) is 5.91 Å². The van der Waals surface area contributed by atoms with Crippen molar-refractivity contribution in [2.45, 2.75) is 38.0 Å². The lowest BCUT2D eigenvalue weighted by molar-refractivity contribution is -0.120. The first kappa shape index (κ1) is 23.1. The quantitative estimate of drug-likeness (QED) is 0.472. The van der Waals surface area contributed by atoms with Crippen LogP contribution in [0, 0.1) is 6.92 Å². The Morgan fingerprint density at radius 3 is 2.31 bits per heavy atom. The van der Waals surface area contributed by atoms with Crippen molar-refractivity contribution >= 4 is 34.9 Å². The SMILES string of the molecule is Cc1ccc(C2CC(=O)N(c3ccc(Cl)c(C(=O)O)c3)C3=C2C(=O)CC(c2ccccc2)C3)cc1. The zero-order chi connectivity index (χ0) is 24.7. The first-order valence-electron chi connectivity index (χ1n) is 11.6. The van der Waals surface area contributed by atoms with E-state index in [4.69, 9.17) is 11.6 Å². The molecule has 0 fully saturated rings. The molecule has 0 radical (unpaired) electrons. The van der Waals surface area contributed by atoms with Gasteiger partial charge in [-0.1, -0.05) is 71.8 Å². The highest BCUT2D eigenvalue weighted by Crippen LogP contribution is 2.47. The maximum Gasteiger partial charge on any atom is 0.337 e. The first-order valence-corrected chi connectivity index (χ1v) is 11.9. The fraction of sp³-hybridized carbons (Fsp3) is 0.207. The van der Waals surface area contributed by atoms with Crippen LogP contribution in [0.15, 0.2) is 84.1 Å². The van der Waals surface area contributed by atoms with E-state index < -0.39 is 5.97 Å². The molecule has 2 aliphatic rings. The van der Waals surface area contributed by atoms with Crippen LogP contribution in [0.1, 0.15) is 58.1 Å². The summed E-state index contributed by atoms with van der Waals surface area (Å²) in [6.07, 6.45) is 1.01. The molecule has 5 nitrogen and oxygen atoms in total. The van der Waals surface area contributed by atoms with Gasteiger partial charge in [0.25, 0.3) is 0 Å². The second-order valence-corrected chi connectivity index (χ2v) is 9.57. The van der Waals surface area contributed by atoms with E-state index in [1.165, 1.54) is 17.0 Å². The molecule has 2 unspecified atom stereocenters. The van der Waals surface area contributed by atoms with Crippen LogP contribution in [0.25, 0.3) is 0 Å². The average Bonchev–Trinajstić information content (AvgIpc) is 2.85. The molecule has 176 valence electrons. The number of halogens is 1. The van der Waals surface area contributed by atoms with Crippen molar-refractivity contribution in [1.29, 1.82) is 0 Å². The van der Waals surface area contributed by atoms with Crippen LogP contribution in [-0.4, -0.2) is 22.8 Å². The van der Waals surface area contributed by atoms with Crippen molar-refractivity contribution in [2.75, 3.05) is 4.90 Å². The Bertz CT molecular complexity index is 1360. The summed E-state index contributed by atoms with van der Waals surface area (Å²) >= 11 is 6.10. The normalized spacial score (nSPS) is 20.1. The Kier molecular flexibility index (Phi) is 6.03. The number of Topliss-reactive ketones (excluding diaryl/α,β-unsaturated/α-hetero) is 1. The third kappa shape index (κ3) is 4.28. The lowest BCUT2D eigenvalue weighted by atomic mass is 9.72. The number of benzene rings is 3. The first-order chi connectivity index (χ1) is 16.8. The second kappa shape index (κ2) is 9.16. The maximum atomic E-state index is 13.7. The number of ketones is 1. The Balaban J connectivity index is 1.67. The number of hydrogen-bond donors (Lipinski definition) is 1. The molecule has 1 aliphatic carbocycles. The zero-order valence-electron chi connectivity index (χ0n) is 19.2. The molecule has 35 heavy (non-hydrogen) atoms. The highest BCUT2D eigenvalue weighted by molar-refractivity contribution is 6.33. The van der Waals surface area contributed by atoms with Crippen LogP contribution in [0.2, 0.25) is 5.02 Å². The van der Waals surface area contributed by atoms with Gasteiger partial charge in [0.1, 0.15) is 0 Å². The monoisotopic (exact) mass is 485 g/mol. The summed E-state index contributed by atoms with van der Waals surface area (Å²) in [6.45, 7) is 2.00. The highest BCUT2D eigenvalue weighted by Gasteiger charge is 2.42. The van der Waals surface area contributed by atoms with Crippen molar-refractivity contribution in [3.8, 4) is 0 Å². The number of carboxylic acid groups (broad SMARTS) is 1. The molecule has 0 saturated heterocycles. The Labute approximate surface area is 208 Å². The van der Waals surface area contributed by atoms with Gasteiger partial charge in [0.15, 0.2) is 5.78 Å². The van der Waals surface area contributed by atoms with Crippen molar-refractivity contribution < 1.29 is 19.5 Å². The molecule has 6 heteroatoms. The van der Waals surface area contributed by atoms with Crippen LogP contribution < -0.4 is 4.90 Å². The van der Waals surface area contributed by atoms with Gasteiger partial charge in [0, 0.05) is 35.7 Å². The number of amides is 1. The summed E-state index contributed by atoms with van der Waals surface area (Å²) in [5.41, 5.74) is 4.70. The maximum absolute atomic E-state index is 13.7. The van der Waals surface area contributed by atoms with Gasteiger partial charge >= 0.3 is 5.97 Å². The molecular formula is C29H24ClNO4. The van der Waals surface area contributed by atoms with Crippen LogP contribution in [0.3, 0.4) is 0 Å². The van der Waals surface area contributed by atoms with E-state index in [0.29, 0.717) is 29.8 Å². The highest BCUT2D eigenvalue weighted by atomic mass is 35.5. The average molecular weight is 486 g/mol. The van der Waals surface area contributed by atoms with Crippen LogP contribution >= 0.6 is 11.6 Å². The molecule has 0 spiro atoms. The largest absolute Gasteiger partial charge is 0.478 e. The van der Waals surface area contributed by atoms with Crippen LogP contribution in [-0.2, 0) is 9.59 Å². The topological polar surface area (TPSA) is 74.7 Å². The number of nitrogens with zero attached hydrogens (tertiary/aromatic N) is 1. The number of aromatic carboxylic acids is 1. The molecule has 0 aromatic heterocycles. The molecule has 3 aromatic rings. The van der Waals surface area contributed by atoms with Gasteiger partial charge in [-0.15, -0.1) is 0 Å². The lowest BCUT2D eigenvalue weighted by Gasteiger charge is -2.40. The van der Waals surface area contributed by atoms with E-state index in [1.807, 2.05) is 61.5 Å². The van der Waals surface area contributed by atoms with Crippen LogP contribution in [0.5, 0.6) is 0 Å². The van der Waals surface area contributed by atoms with Gasteiger partial charge in [-0.05, 0) is 48.6 Å². The predicted octanol–water partition coefficient (Wildman–Crippen LogP) is 6.27. The number of allylic oxidation sites excluding steroid dienone is 2. The number of rotatable bonds is 4. The third-order valence-electron chi connectivity index (χ3n) is 6.92. The number of anilines is 1. The van der Waals surface area contributed by atoms with Gasteiger partial charge in [-0.25, -0.2) is 4.79 Å². The van der Waals surface area contributed by atoms with E-state index in [0.717, 1.165) is 16.7 Å². The fourth-order valence-corrected chi connectivity index (χ4v) is 5.39. The van der Waals surface area contributed by atoms with Gasteiger partial charge in [-0.2, -0.15) is 0 Å². The van der Waals surface area contributed by atoms with E-state index in [2.05, 4.69) is 0 Å². The minimum atomic E-state index is -1.17. The Morgan fingerprint density at radius 1 is 0.914 bits per heavy atom. The van der Waals surface area contributed by atoms with Crippen molar-refractivity contribution in [3.05, 3.63) is 111 Å². The molecular weight excluding hydrogens is 462 g/mol. The summed E-state index contributed by atoms with van der Waals surface area (Å²) in [5.74, 6) is -1.72. The number of aryl methyl sites for hydroxylation is 1. The number of carbonyl (C=O) groups excluding carboxylic acids is 2. The summed E-state index contributed by atoms with van der Waals surface area (Å²) in [4.78, 5) is 40.5. The van der Waals surface area contributed by atoms with E-state index in [9.17, 15) is 19.5 Å². The van der Waals surface area contributed by atoms with Gasteiger partial charge in [-0.3, -0.25) is 14.5 Å². The second-order valence-electron chi connectivity index (χ2n) is 9.17. The predicted molar refractivity (Wildman–Crippen MR) is 135 cm³/mol. The summed E-state index contributed by atoms with van der Waals surface area (Å²) < 4.78 is 0. The van der Waals surface area contributed by atoms with Gasteiger partial charge in [0.05, 0.1) is 10.6 Å². The Morgan fingerprint density at radius 2 is 1.63 bits per heavy atom. The molecule has 1 heterocycles. The van der Waals surface area contributed by atoms with Crippen molar-refractivity contribution in [2.24, 2.45) is 0 Å².